The van der Waals surface area contributed by atoms with Gasteiger partial charge in [0.25, 0.3) is 0 Å². The normalized spacial score (nSPS) is 11.8. The number of benzene rings is 1. The van der Waals surface area contributed by atoms with Crippen LogP contribution in [0.15, 0.2) is 18.2 Å². The van der Waals surface area contributed by atoms with E-state index in [1.807, 2.05) is 0 Å². The molecule has 1 N–H and O–H groups in total. The fourth-order valence-electron chi connectivity index (χ4n) is 5.73. The summed E-state index contributed by atoms with van der Waals surface area (Å²) in [6.45, 7) is 11.7. The van der Waals surface area contributed by atoms with Gasteiger partial charge in [-0.15, -0.1) is 0 Å². The van der Waals surface area contributed by atoms with E-state index < -0.39 is 10.4 Å². The van der Waals surface area contributed by atoms with Gasteiger partial charge in [-0.05, 0) is 42.9 Å². The van der Waals surface area contributed by atoms with Crippen LogP contribution in [0.5, 0.6) is 5.75 Å². The van der Waals surface area contributed by atoms with E-state index in [0.717, 1.165) is 18.6 Å². The van der Waals surface area contributed by atoms with Gasteiger partial charge in [0, 0.05) is 0 Å². The first-order valence-electron chi connectivity index (χ1n) is 21.4. The van der Waals surface area contributed by atoms with Crippen molar-refractivity contribution in [3.63, 3.8) is 0 Å². The number of hydrogen-bond acceptors (Lipinski definition) is 12. The Morgan fingerprint density at radius 1 is 0.429 bits per heavy atom. The molecule has 14 heteroatoms. The summed E-state index contributed by atoms with van der Waals surface area (Å²) >= 11 is 0. The number of ether oxygens (including phenoxy) is 9. The Labute approximate surface area is 340 Å². The van der Waals surface area contributed by atoms with E-state index in [2.05, 4.69) is 36.2 Å². The summed E-state index contributed by atoms with van der Waals surface area (Å²) in [6, 6.07) is 6.83. The van der Waals surface area contributed by atoms with Crippen molar-refractivity contribution in [1.29, 1.82) is 0 Å². The van der Waals surface area contributed by atoms with Crippen molar-refractivity contribution in [2.24, 2.45) is 0 Å². The van der Waals surface area contributed by atoms with Gasteiger partial charge >= 0.3 is 10.4 Å². The third-order valence-electron chi connectivity index (χ3n) is 8.79. The second-order valence-electron chi connectivity index (χ2n) is 13.7. The topological polar surface area (TPSA) is 147 Å². The summed E-state index contributed by atoms with van der Waals surface area (Å²) in [5.41, 5.74) is 2.78. The van der Waals surface area contributed by atoms with Gasteiger partial charge in [0.1, 0.15) is 12.4 Å². The molecule has 0 aliphatic rings. The standard InChI is InChI=1S/C42H78O13S/c1-3-5-7-9-11-13-15-17-40-19-20-42(41(39-40)18-16-14-12-10-8-6-4-2)54-37-35-52-33-31-50-29-27-48-25-23-46-21-22-47-24-26-49-28-30-51-32-34-53-36-38-55-56(43,44)45/h19-20,39H,3-18,21-38H2,1-2H3,(H,43,44,45). The summed E-state index contributed by atoms with van der Waals surface area (Å²) in [5.74, 6) is 1.01. The van der Waals surface area contributed by atoms with E-state index >= 15 is 0 Å². The average molecular weight is 823 g/mol. The summed E-state index contributed by atoms with van der Waals surface area (Å²) in [7, 11) is -4.43. The van der Waals surface area contributed by atoms with Crippen LogP contribution in [0.25, 0.3) is 0 Å². The first-order chi connectivity index (χ1) is 27.5. The predicted molar refractivity (Wildman–Crippen MR) is 219 cm³/mol. The Morgan fingerprint density at radius 3 is 1.16 bits per heavy atom. The molecule has 1 aromatic rings. The molecule has 0 saturated carbocycles. The number of rotatable bonds is 45. The first-order valence-corrected chi connectivity index (χ1v) is 22.8. The molecule has 0 atom stereocenters. The highest BCUT2D eigenvalue weighted by atomic mass is 32.3. The van der Waals surface area contributed by atoms with Gasteiger partial charge in [0.15, 0.2) is 0 Å². The van der Waals surface area contributed by atoms with Gasteiger partial charge in [0.05, 0.1) is 112 Å². The molecule has 0 heterocycles. The zero-order valence-electron chi connectivity index (χ0n) is 35.0. The fraction of sp³-hybridized carbons (Fsp3) is 0.857. The molecule has 0 spiro atoms. The van der Waals surface area contributed by atoms with Crippen LogP contribution in [-0.4, -0.2) is 132 Å². The summed E-state index contributed by atoms with van der Waals surface area (Å²) in [6.07, 6.45) is 20.8. The Balaban J connectivity index is 1.98. The van der Waals surface area contributed by atoms with Crippen LogP contribution >= 0.6 is 0 Å². The van der Waals surface area contributed by atoms with Crippen molar-refractivity contribution in [3.8, 4) is 5.75 Å². The lowest BCUT2D eigenvalue weighted by Gasteiger charge is -2.14. The maximum absolute atomic E-state index is 10.4. The molecule has 0 bridgehead atoms. The van der Waals surface area contributed by atoms with Crippen LogP contribution < -0.4 is 4.74 Å². The zero-order valence-corrected chi connectivity index (χ0v) is 35.8. The number of unbranched alkanes of at least 4 members (excludes halogenated alkanes) is 12. The maximum atomic E-state index is 10.4. The molecule has 1 aromatic carbocycles. The Hall–Kier alpha value is -1.43. The van der Waals surface area contributed by atoms with E-state index in [9.17, 15) is 8.42 Å². The zero-order chi connectivity index (χ0) is 40.5. The van der Waals surface area contributed by atoms with Gasteiger partial charge in [0.2, 0.25) is 0 Å². The second-order valence-corrected chi connectivity index (χ2v) is 14.8. The molecule has 0 unspecified atom stereocenters. The largest absolute Gasteiger partial charge is 0.491 e. The van der Waals surface area contributed by atoms with Crippen molar-refractivity contribution < 1.29 is 59.8 Å². The molecule has 330 valence electrons. The van der Waals surface area contributed by atoms with Crippen molar-refractivity contribution in [2.45, 2.75) is 117 Å². The van der Waals surface area contributed by atoms with Crippen LogP contribution in [0.2, 0.25) is 0 Å². The number of aryl methyl sites for hydroxylation is 2. The minimum atomic E-state index is -4.43. The molecule has 1 rings (SSSR count). The Kier molecular flexibility index (Phi) is 37.9. The van der Waals surface area contributed by atoms with Gasteiger partial charge in [-0.25, -0.2) is 4.18 Å². The van der Waals surface area contributed by atoms with Crippen molar-refractivity contribution in [3.05, 3.63) is 29.3 Å². The smallest absolute Gasteiger partial charge is 0.397 e. The van der Waals surface area contributed by atoms with E-state index in [1.165, 1.54) is 101 Å². The summed E-state index contributed by atoms with van der Waals surface area (Å²) in [5, 5.41) is 0. The molecule has 0 aliphatic carbocycles. The predicted octanol–water partition coefficient (Wildman–Crippen LogP) is 7.60. The van der Waals surface area contributed by atoms with Crippen LogP contribution in [-0.2, 0) is 65.3 Å². The molecule has 56 heavy (non-hydrogen) atoms. The Morgan fingerprint density at radius 2 is 0.768 bits per heavy atom. The van der Waals surface area contributed by atoms with Gasteiger partial charge in [-0.3, -0.25) is 4.55 Å². The monoisotopic (exact) mass is 823 g/mol. The Bertz CT molecular complexity index is 1080. The SMILES string of the molecule is CCCCCCCCCc1ccc(OCCOCCOCCOCCOCCOCCOCCOCCOCCOS(=O)(=O)O)c(CCCCCCCCC)c1. The van der Waals surface area contributed by atoms with Crippen LogP contribution in [0, 0.1) is 0 Å². The summed E-state index contributed by atoms with van der Waals surface area (Å²) < 4.78 is 83.3. The highest BCUT2D eigenvalue weighted by Gasteiger charge is 2.07. The van der Waals surface area contributed by atoms with E-state index in [0.29, 0.717) is 99.1 Å². The highest BCUT2D eigenvalue weighted by Crippen LogP contribution is 2.24. The van der Waals surface area contributed by atoms with Gasteiger partial charge in [-0.1, -0.05) is 103 Å². The lowest BCUT2D eigenvalue weighted by molar-refractivity contribution is -0.0241. The maximum Gasteiger partial charge on any atom is 0.397 e. The minimum Gasteiger partial charge on any atom is -0.491 e. The first kappa shape index (κ1) is 52.6. The lowest BCUT2D eigenvalue weighted by Crippen LogP contribution is -2.15. The summed E-state index contributed by atoms with van der Waals surface area (Å²) in [4.78, 5) is 0. The molecule has 13 nitrogen and oxygen atoms in total. The fourth-order valence-corrected chi connectivity index (χ4v) is 6.01. The molecule has 0 amide bonds. The average Bonchev–Trinajstić information content (AvgIpc) is 3.18. The van der Waals surface area contributed by atoms with E-state index in [-0.39, 0.29) is 19.8 Å². The van der Waals surface area contributed by atoms with E-state index in [4.69, 9.17) is 47.2 Å². The van der Waals surface area contributed by atoms with Crippen molar-refractivity contribution in [2.75, 3.05) is 119 Å². The molecule has 0 saturated heterocycles. The molecular weight excluding hydrogens is 745 g/mol. The van der Waals surface area contributed by atoms with Crippen molar-refractivity contribution >= 4 is 10.4 Å². The minimum absolute atomic E-state index is 0.0344. The quantitative estimate of drug-likeness (QED) is 0.0509. The van der Waals surface area contributed by atoms with E-state index in [1.54, 1.807) is 0 Å². The van der Waals surface area contributed by atoms with Gasteiger partial charge in [-0.2, -0.15) is 8.42 Å². The number of hydrogen-bond donors (Lipinski definition) is 1. The second kappa shape index (κ2) is 40.4. The van der Waals surface area contributed by atoms with Crippen LogP contribution in [0.3, 0.4) is 0 Å². The van der Waals surface area contributed by atoms with Crippen LogP contribution in [0.1, 0.15) is 115 Å². The lowest BCUT2D eigenvalue weighted by atomic mass is 9.99. The molecule has 0 radical (unpaired) electrons. The molecule has 0 aliphatic heterocycles. The highest BCUT2D eigenvalue weighted by molar-refractivity contribution is 7.80. The van der Waals surface area contributed by atoms with Crippen molar-refractivity contribution in [1.82, 2.24) is 0 Å². The molecular formula is C42H78O13S. The molecule has 0 fully saturated rings. The third-order valence-corrected chi connectivity index (χ3v) is 9.26. The third kappa shape index (κ3) is 36.9. The van der Waals surface area contributed by atoms with Crippen LogP contribution in [0.4, 0.5) is 0 Å². The molecule has 0 aromatic heterocycles. The van der Waals surface area contributed by atoms with Gasteiger partial charge < -0.3 is 42.6 Å².